The molecular weight excluding hydrogens is 500 g/mol. The van der Waals surface area contributed by atoms with Crippen molar-refractivity contribution < 1.29 is 29.1 Å². The monoisotopic (exact) mass is 536 g/mol. The summed E-state index contributed by atoms with van der Waals surface area (Å²) in [4.78, 5) is 64.3. The van der Waals surface area contributed by atoms with Crippen molar-refractivity contribution in [3.8, 4) is 0 Å². The Morgan fingerprint density at radius 1 is 0.914 bits per heavy atom. The molecule has 0 aromatic rings. The van der Waals surface area contributed by atoms with Gasteiger partial charge in [-0.1, -0.05) is 0 Å². The summed E-state index contributed by atoms with van der Waals surface area (Å²) < 4.78 is 0. The lowest BCUT2D eigenvalue weighted by Gasteiger charge is -2.25. The van der Waals surface area contributed by atoms with Crippen molar-refractivity contribution in [2.24, 2.45) is 27.9 Å². The fraction of sp³-hybridized carbons (Fsp3) is 0.684. The summed E-state index contributed by atoms with van der Waals surface area (Å²) in [6, 6.07) is -4.52. The second-order valence-electron chi connectivity index (χ2n) is 7.55. The number of thiol groups is 1. The minimum Gasteiger partial charge on any atom is -0.480 e. The first-order valence-electron chi connectivity index (χ1n) is 10.8. The number of rotatable bonds is 18. The third kappa shape index (κ3) is 14.3. The van der Waals surface area contributed by atoms with Gasteiger partial charge >= 0.3 is 5.97 Å². The maximum Gasteiger partial charge on any atom is 0.327 e. The predicted molar refractivity (Wildman–Crippen MR) is 137 cm³/mol. The normalized spacial score (nSPS) is 14.0. The minimum atomic E-state index is -1.31. The summed E-state index contributed by atoms with van der Waals surface area (Å²) in [7, 11) is 0. The summed E-state index contributed by atoms with van der Waals surface area (Å²) in [6.07, 6.45) is 2.36. The lowest BCUT2D eigenvalue weighted by Crippen LogP contribution is -2.57. The quantitative estimate of drug-likeness (QED) is 0.0368. The van der Waals surface area contributed by atoms with Gasteiger partial charge in [-0.25, -0.2) is 4.79 Å². The third-order valence-electron chi connectivity index (χ3n) is 4.66. The molecule has 0 aliphatic carbocycles. The molecule has 0 radical (unpaired) electrons. The van der Waals surface area contributed by atoms with Crippen LogP contribution in [-0.2, 0) is 24.0 Å². The average Bonchev–Trinajstić information content (AvgIpc) is 2.79. The van der Waals surface area contributed by atoms with E-state index in [1.54, 1.807) is 0 Å². The zero-order valence-corrected chi connectivity index (χ0v) is 21.3. The van der Waals surface area contributed by atoms with Gasteiger partial charge in [0.2, 0.25) is 23.6 Å². The topological polar surface area (TPSA) is 258 Å². The van der Waals surface area contributed by atoms with Gasteiger partial charge in [0, 0.05) is 18.7 Å². The van der Waals surface area contributed by atoms with Gasteiger partial charge in [-0.3, -0.25) is 24.2 Å². The number of aliphatic imine (C=N–C) groups is 1. The Labute approximate surface area is 213 Å². The van der Waals surface area contributed by atoms with Crippen LogP contribution in [0.5, 0.6) is 0 Å². The van der Waals surface area contributed by atoms with Crippen molar-refractivity contribution >= 4 is 59.9 Å². The van der Waals surface area contributed by atoms with E-state index in [-0.39, 0.29) is 37.4 Å². The van der Waals surface area contributed by atoms with E-state index < -0.39 is 53.8 Å². The van der Waals surface area contributed by atoms with Crippen LogP contribution in [0.15, 0.2) is 4.99 Å². The van der Waals surface area contributed by atoms with Crippen molar-refractivity contribution in [1.29, 1.82) is 0 Å². The molecular formula is C19H36N8O6S2. The van der Waals surface area contributed by atoms with Crippen LogP contribution in [0.3, 0.4) is 0 Å². The molecule has 0 fully saturated rings. The third-order valence-corrected chi connectivity index (χ3v) is 5.67. The van der Waals surface area contributed by atoms with Crippen LogP contribution >= 0.6 is 24.4 Å². The van der Waals surface area contributed by atoms with E-state index in [0.717, 1.165) is 0 Å². The molecule has 0 heterocycles. The van der Waals surface area contributed by atoms with E-state index in [2.05, 4.69) is 33.6 Å². The number of thioether (sulfide) groups is 1. The van der Waals surface area contributed by atoms with Gasteiger partial charge in [0.15, 0.2) is 5.96 Å². The number of carbonyl (C=O) groups is 5. The molecule has 0 spiro atoms. The highest BCUT2D eigenvalue weighted by molar-refractivity contribution is 7.98. The van der Waals surface area contributed by atoms with Crippen molar-refractivity contribution in [3.63, 3.8) is 0 Å². The molecule has 14 nitrogen and oxygen atoms in total. The van der Waals surface area contributed by atoms with Gasteiger partial charge in [-0.15, -0.1) is 0 Å². The van der Waals surface area contributed by atoms with Gasteiger partial charge in [-0.05, 0) is 37.7 Å². The molecule has 4 amide bonds. The van der Waals surface area contributed by atoms with Gasteiger partial charge in [0.05, 0.1) is 6.04 Å². The first-order valence-corrected chi connectivity index (χ1v) is 12.8. The summed E-state index contributed by atoms with van der Waals surface area (Å²) in [5.41, 5.74) is 21.5. The molecule has 12 N–H and O–H groups in total. The summed E-state index contributed by atoms with van der Waals surface area (Å²) in [5, 5.41) is 16.4. The largest absolute Gasteiger partial charge is 0.480 e. The number of primary amides is 1. The Kier molecular flexibility index (Phi) is 16.3. The predicted octanol–water partition coefficient (Wildman–Crippen LogP) is -3.15. The first kappa shape index (κ1) is 32.3. The van der Waals surface area contributed by atoms with Crippen molar-refractivity contribution in [2.75, 3.05) is 24.3 Å². The molecule has 4 unspecified atom stereocenters. The highest BCUT2D eigenvalue weighted by Crippen LogP contribution is 2.06. The number of nitrogens with two attached hydrogens (primary N) is 4. The Bertz CT molecular complexity index is 766. The molecule has 0 aliphatic heterocycles. The van der Waals surface area contributed by atoms with E-state index in [1.165, 1.54) is 11.8 Å². The van der Waals surface area contributed by atoms with E-state index >= 15 is 0 Å². The maximum absolute atomic E-state index is 12.9. The van der Waals surface area contributed by atoms with E-state index in [4.69, 9.17) is 28.0 Å². The Hall–Kier alpha value is -2.72. The number of hydrogen-bond donors (Lipinski definition) is 9. The molecule has 0 rings (SSSR count). The number of amides is 4. The molecule has 0 saturated heterocycles. The van der Waals surface area contributed by atoms with Crippen LogP contribution in [0, 0.1) is 0 Å². The van der Waals surface area contributed by atoms with Gasteiger partial charge in [0.25, 0.3) is 0 Å². The molecule has 4 atom stereocenters. The molecule has 0 saturated carbocycles. The molecule has 35 heavy (non-hydrogen) atoms. The van der Waals surface area contributed by atoms with Gasteiger partial charge in [-0.2, -0.15) is 24.4 Å². The van der Waals surface area contributed by atoms with Crippen molar-refractivity contribution in [3.05, 3.63) is 0 Å². The van der Waals surface area contributed by atoms with Crippen LogP contribution in [-0.4, -0.2) is 89.1 Å². The van der Waals surface area contributed by atoms with Gasteiger partial charge < -0.3 is 44.0 Å². The molecule has 16 heteroatoms. The number of carbonyl (C=O) groups excluding carboxylic acids is 4. The van der Waals surface area contributed by atoms with Crippen LogP contribution in [0.25, 0.3) is 0 Å². The number of nitrogens with zero attached hydrogens (tertiary/aromatic N) is 1. The minimum absolute atomic E-state index is 0.0733. The standard InChI is InChI=1S/C19H36N8O6S2/c1-35-8-6-12(25-15(29)10(20)3-2-7-24-19(22)23)17(31)26-11(4-5-14(21)28)16(30)27-13(9-34)18(32)33/h10-13,34H,2-9,20H2,1H3,(H2,21,28)(H,25,29)(H,26,31)(H,27,30)(H,32,33)(H4,22,23,24). The van der Waals surface area contributed by atoms with Crippen LogP contribution in [0.4, 0.5) is 0 Å². The van der Waals surface area contributed by atoms with Crippen molar-refractivity contribution in [2.45, 2.75) is 56.3 Å². The molecule has 0 aromatic carbocycles. The van der Waals surface area contributed by atoms with Crippen LogP contribution < -0.4 is 38.9 Å². The van der Waals surface area contributed by atoms with Crippen LogP contribution in [0.1, 0.15) is 32.1 Å². The lowest BCUT2D eigenvalue weighted by atomic mass is 10.1. The second-order valence-corrected chi connectivity index (χ2v) is 8.90. The summed E-state index contributed by atoms with van der Waals surface area (Å²) in [5.74, 6) is -3.87. The number of nitrogens with one attached hydrogen (secondary N) is 3. The summed E-state index contributed by atoms with van der Waals surface area (Å²) >= 11 is 5.32. The van der Waals surface area contributed by atoms with Crippen LogP contribution in [0.2, 0.25) is 0 Å². The Morgan fingerprint density at radius 2 is 1.46 bits per heavy atom. The first-order chi connectivity index (χ1) is 16.4. The zero-order valence-electron chi connectivity index (χ0n) is 19.6. The smallest absolute Gasteiger partial charge is 0.327 e. The molecule has 0 bridgehead atoms. The van der Waals surface area contributed by atoms with Gasteiger partial charge in [0.1, 0.15) is 18.1 Å². The Morgan fingerprint density at radius 3 is 1.94 bits per heavy atom. The lowest BCUT2D eigenvalue weighted by molar-refractivity contribution is -0.141. The SMILES string of the molecule is CSCCC(NC(=O)C(N)CCCN=C(N)N)C(=O)NC(CCC(N)=O)C(=O)NC(CS)C(=O)O. The molecule has 200 valence electrons. The highest BCUT2D eigenvalue weighted by atomic mass is 32.2. The molecule has 0 aromatic heterocycles. The van der Waals surface area contributed by atoms with E-state index in [1.807, 2.05) is 6.26 Å². The maximum atomic E-state index is 12.9. The number of aliphatic carboxylic acids is 1. The Balaban J connectivity index is 5.34. The zero-order chi connectivity index (χ0) is 27.0. The number of guanidine groups is 1. The fourth-order valence-electron chi connectivity index (χ4n) is 2.72. The number of carboxylic acids is 1. The highest BCUT2D eigenvalue weighted by Gasteiger charge is 2.30. The molecule has 0 aliphatic rings. The summed E-state index contributed by atoms with van der Waals surface area (Å²) in [6.45, 7) is 0.292. The van der Waals surface area contributed by atoms with E-state index in [9.17, 15) is 24.0 Å². The fourth-order valence-corrected chi connectivity index (χ4v) is 3.44. The van der Waals surface area contributed by atoms with E-state index in [0.29, 0.717) is 18.7 Å². The van der Waals surface area contributed by atoms with Crippen molar-refractivity contribution in [1.82, 2.24) is 16.0 Å². The average molecular weight is 537 g/mol. The number of hydrogen-bond acceptors (Lipinski definition) is 9. The number of carboxylic acid groups (broad SMARTS) is 1. The second kappa shape index (κ2) is 17.7.